The zero-order chi connectivity index (χ0) is 8.69. The molecule has 4 heteroatoms. The van der Waals surface area contributed by atoms with E-state index in [-0.39, 0.29) is 6.61 Å². The minimum Gasteiger partial charge on any atom is -0.514 e. The Hall–Kier alpha value is -1.76. The van der Waals surface area contributed by atoms with Crippen molar-refractivity contribution in [3.63, 3.8) is 0 Å². The van der Waals surface area contributed by atoms with Crippen LogP contribution in [0, 0.1) is 11.3 Å². The van der Waals surface area contributed by atoms with Gasteiger partial charge in [0.05, 0.1) is 0 Å². The van der Waals surface area contributed by atoms with E-state index in [0.717, 1.165) is 0 Å². The first kappa shape index (κ1) is 9.24. The molecule has 0 amide bonds. The van der Waals surface area contributed by atoms with Crippen LogP contribution in [0.3, 0.4) is 0 Å². The van der Waals surface area contributed by atoms with Gasteiger partial charge in [0.25, 0.3) is 0 Å². The third-order valence-corrected chi connectivity index (χ3v) is 0.802. The summed E-state index contributed by atoms with van der Waals surface area (Å²) in [5, 5.41) is 16.5. The van der Waals surface area contributed by atoms with E-state index < -0.39 is 11.5 Å². The Bertz CT molecular complexity index is 224. The van der Waals surface area contributed by atoms with E-state index in [9.17, 15) is 4.79 Å². The molecular weight excluding hydrogens is 146 g/mol. The van der Waals surface area contributed by atoms with Crippen molar-refractivity contribution in [3.05, 3.63) is 24.5 Å². The number of ether oxygens (including phenoxy) is 1. The van der Waals surface area contributed by atoms with Crippen molar-refractivity contribution in [1.82, 2.24) is 0 Å². The summed E-state index contributed by atoms with van der Waals surface area (Å²) < 4.78 is 4.43. The molecule has 4 nitrogen and oxygen atoms in total. The molecule has 0 heterocycles. The van der Waals surface area contributed by atoms with Crippen LogP contribution in [0.2, 0.25) is 0 Å². The van der Waals surface area contributed by atoms with Crippen molar-refractivity contribution >= 4 is 5.97 Å². The second-order valence-electron chi connectivity index (χ2n) is 1.54. The van der Waals surface area contributed by atoms with Gasteiger partial charge >= 0.3 is 5.97 Å². The fourth-order valence-electron chi connectivity index (χ4n) is 0.340. The van der Waals surface area contributed by atoms with E-state index in [1.807, 2.05) is 0 Å². The average molecular weight is 153 g/mol. The normalized spacial score (nSPS) is 9.91. The number of aliphatic hydroxyl groups excluding tert-OH is 1. The Labute approximate surface area is 64.0 Å². The van der Waals surface area contributed by atoms with Gasteiger partial charge in [-0.1, -0.05) is 12.7 Å². The van der Waals surface area contributed by atoms with Gasteiger partial charge in [-0.3, -0.25) is 0 Å². The van der Waals surface area contributed by atoms with Gasteiger partial charge in [-0.05, 0) is 0 Å². The van der Waals surface area contributed by atoms with Crippen molar-refractivity contribution in [2.24, 2.45) is 0 Å². The monoisotopic (exact) mass is 153 g/mol. The fraction of sp³-hybridized carbons (Fsp3) is 0.143. The highest BCUT2D eigenvalue weighted by Crippen LogP contribution is 1.94. The lowest BCUT2D eigenvalue weighted by Crippen LogP contribution is -2.06. The third-order valence-electron chi connectivity index (χ3n) is 0.802. The maximum atomic E-state index is 10.6. The number of nitriles is 1. The van der Waals surface area contributed by atoms with E-state index in [1.54, 1.807) is 0 Å². The number of rotatable bonds is 3. The highest BCUT2D eigenvalue weighted by atomic mass is 16.5. The van der Waals surface area contributed by atoms with Crippen LogP contribution in [0.4, 0.5) is 0 Å². The molecule has 0 bridgehead atoms. The molecule has 0 saturated heterocycles. The Balaban J connectivity index is 4.04. The van der Waals surface area contributed by atoms with Crippen molar-refractivity contribution in [2.45, 2.75) is 0 Å². The van der Waals surface area contributed by atoms with Crippen LogP contribution in [0.1, 0.15) is 0 Å². The summed E-state index contributed by atoms with van der Waals surface area (Å²) >= 11 is 0. The second-order valence-corrected chi connectivity index (χ2v) is 1.54. The van der Waals surface area contributed by atoms with Gasteiger partial charge in [-0.25, -0.2) is 4.79 Å². The number of hydrogen-bond donors (Lipinski definition) is 1. The van der Waals surface area contributed by atoms with Crippen LogP contribution in [0.25, 0.3) is 0 Å². The van der Waals surface area contributed by atoms with Crippen LogP contribution >= 0.6 is 0 Å². The minimum absolute atomic E-state index is 0.0256. The average Bonchev–Trinajstić information content (AvgIpc) is 2.03. The summed E-state index contributed by atoms with van der Waals surface area (Å²) in [6, 6.07) is 1.46. The predicted octanol–water partition coefficient (Wildman–Crippen LogP) is 0.681. The van der Waals surface area contributed by atoms with Crippen molar-refractivity contribution in [1.29, 1.82) is 5.26 Å². The van der Waals surface area contributed by atoms with Gasteiger partial charge in [-0.15, -0.1) is 0 Å². The van der Waals surface area contributed by atoms with Crippen molar-refractivity contribution in [3.8, 4) is 6.07 Å². The number of hydrogen-bond acceptors (Lipinski definition) is 4. The molecule has 0 aromatic carbocycles. The molecule has 0 aromatic rings. The van der Waals surface area contributed by atoms with Gasteiger partial charge in [0.15, 0.2) is 5.57 Å². The fourth-order valence-corrected chi connectivity index (χ4v) is 0.340. The molecule has 0 aliphatic heterocycles. The molecule has 1 N–H and O–H groups in total. The van der Waals surface area contributed by atoms with Crippen LogP contribution in [0.5, 0.6) is 0 Å². The minimum atomic E-state index is -0.852. The van der Waals surface area contributed by atoms with Gasteiger partial charge in [0, 0.05) is 0 Å². The van der Waals surface area contributed by atoms with Crippen molar-refractivity contribution < 1.29 is 14.6 Å². The maximum Gasteiger partial charge on any atom is 0.352 e. The lowest BCUT2D eigenvalue weighted by molar-refractivity contribution is -0.137. The van der Waals surface area contributed by atoms with Crippen LogP contribution in [-0.4, -0.2) is 17.7 Å². The number of carbonyl (C=O) groups is 1. The molecule has 0 atom stereocenters. The lowest BCUT2D eigenvalue weighted by atomic mass is 10.3. The number of aliphatic hydroxyl groups is 1. The van der Waals surface area contributed by atoms with E-state index in [2.05, 4.69) is 11.3 Å². The van der Waals surface area contributed by atoms with Crippen LogP contribution < -0.4 is 0 Å². The Morgan fingerprint density at radius 3 is 2.82 bits per heavy atom. The molecule has 0 rings (SSSR count). The summed E-state index contributed by atoms with van der Waals surface area (Å²) in [6.45, 7) is 3.33. The summed E-state index contributed by atoms with van der Waals surface area (Å²) in [6.07, 6.45) is 1.77. The number of nitrogens with zero attached hydrogens (tertiary/aromatic N) is 1. The maximum absolute atomic E-state index is 10.6. The first-order chi connectivity index (χ1) is 5.26. The van der Waals surface area contributed by atoms with Crippen LogP contribution in [0.15, 0.2) is 24.5 Å². The Kier molecular flexibility index (Phi) is 4.25. The van der Waals surface area contributed by atoms with Crippen molar-refractivity contribution in [2.75, 3.05) is 6.61 Å². The molecule has 0 saturated carbocycles. The highest BCUT2D eigenvalue weighted by Gasteiger charge is 2.08. The lowest BCUT2D eigenvalue weighted by Gasteiger charge is -1.96. The zero-order valence-electron chi connectivity index (χ0n) is 5.78. The molecule has 58 valence electrons. The highest BCUT2D eigenvalue weighted by molar-refractivity contribution is 5.92. The van der Waals surface area contributed by atoms with E-state index >= 15 is 0 Å². The topological polar surface area (TPSA) is 70.3 Å². The first-order valence-electron chi connectivity index (χ1n) is 2.78. The first-order valence-corrected chi connectivity index (χ1v) is 2.78. The number of esters is 1. The summed E-state index contributed by atoms with van der Waals surface area (Å²) in [7, 11) is 0. The summed E-state index contributed by atoms with van der Waals surface area (Å²) in [5.41, 5.74) is -0.424. The van der Waals surface area contributed by atoms with Gasteiger partial charge in [0.2, 0.25) is 0 Å². The number of carbonyl (C=O) groups excluding carboxylic acids is 1. The molecule has 0 aliphatic rings. The third kappa shape index (κ3) is 3.06. The standard InChI is InChI=1S/C7H7NO3/c1-2-3-11-7(10)6(4-8)5-9/h2,5,9H,1,3H2. The van der Waals surface area contributed by atoms with Gasteiger partial charge < -0.3 is 9.84 Å². The molecule has 0 fully saturated rings. The van der Waals surface area contributed by atoms with Gasteiger partial charge in [-0.2, -0.15) is 5.26 Å². The molecule has 0 unspecified atom stereocenters. The molecule has 0 aromatic heterocycles. The molecule has 0 aliphatic carbocycles. The van der Waals surface area contributed by atoms with E-state index in [4.69, 9.17) is 10.4 Å². The van der Waals surface area contributed by atoms with Crippen LogP contribution in [-0.2, 0) is 9.53 Å². The Morgan fingerprint density at radius 1 is 1.82 bits per heavy atom. The predicted molar refractivity (Wildman–Crippen MR) is 37.5 cm³/mol. The van der Waals surface area contributed by atoms with E-state index in [0.29, 0.717) is 6.26 Å². The Morgan fingerprint density at radius 2 is 2.45 bits per heavy atom. The SMILES string of the molecule is C=CCOC(=O)C(C#N)=CO. The molecule has 11 heavy (non-hydrogen) atoms. The molecule has 0 radical (unpaired) electrons. The van der Waals surface area contributed by atoms with Gasteiger partial charge in [0.1, 0.15) is 18.9 Å². The molecular formula is C7H7NO3. The zero-order valence-corrected chi connectivity index (χ0v) is 5.78. The summed E-state index contributed by atoms with van der Waals surface area (Å²) in [5.74, 6) is -0.852. The summed E-state index contributed by atoms with van der Waals surface area (Å²) in [4.78, 5) is 10.6. The quantitative estimate of drug-likeness (QED) is 0.213. The second kappa shape index (κ2) is 5.06. The largest absolute Gasteiger partial charge is 0.514 e. The van der Waals surface area contributed by atoms with E-state index in [1.165, 1.54) is 12.1 Å². The smallest absolute Gasteiger partial charge is 0.352 e. The molecule has 0 spiro atoms.